The third-order valence-corrected chi connectivity index (χ3v) is 2.97. The van der Waals surface area contributed by atoms with Gasteiger partial charge in [0.05, 0.1) is 5.69 Å². The number of carbonyl (C=O) groups excluding carboxylic acids is 1. The molecule has 0 unspecified atom stereocenters. The first-order valence-corrected chi connectivity index (χ1v) is 5.92. The zero-order valence-corrected chi connectivity index (χ0v) is 10.9. The summed E-state index contributed by atoms with van der Waals surface area (Å²) in [7, 11) is 0. The number of anilines is 1. The molecule has 0 bridgehead atoms. The van der Waals surface area contributed by atoms with E-state index in [4.69, 9.17) is 32.7 Å². The van der Waals surface area contributed by atoms with E-state index in [1.165, 1.54) is 0 Å². The van der Waals surface area contributed by atoms with Gasteiger partial charge < -0.3 is 14.8 Å². The lowest BCUT2D eigenvalue weighted by molar-refractivity contribution is -0.114. The Balaban J connectivity index is 2.25. The molecule has 7 heteroatoms. The Labute approximate surface area is 110 Å². The van der Waals surface area contributed by atoms with Crippen LogP contribution < -0.4 is 14.8 Å². The highest BCUT2D eigenvalue weighted by molar-refractivity contribution is 9.10. The second-order valence-electron chi connectivity index (χ2n) is 2.98. The molecule has 1 N–H and O–H groups in total. The minimum absolute atomic E-state index is 0.173. The van der Waals surface area contributed by atoms with Crippen LogP contribution in [-0.4, -0.2) is 17.5 Å². The molecule has 1 heterocycles. The average Bonchev–Trinajstić information content (AvgIpc) is 2.65. The summed E-state index contributed by atoms with van der Waals surface area (Å²) >= 11 is 14.2. The minimum atomic E-state index is -1.11. The Morgan fingerprint density at radius 3 is 2.62 bits per heavy atom. The molecule has 1 aliphatic heterocycles. The van der Waals surface area contributed by atoms with Crippen molar-refractivity contribution in [2.45, 2.75) is 4.84 Å². The highest BCUT2D eigenvalue weighted by Crippen LogP contribution is 2.39. The van der Waals surface area contributed by atoms with E-state index < -0.39 is 10.7 Å². The van der Waals surface area contributed by atoms with Gasteiger partial charge in [-0.15, -0.1) is 0 Å². The summed E-state index contributed by atoms with van der Waals surface area (Å²) in [6.45, 7) is 0.173. The highest BCUT2D eigenvalue weighted by Gasteiger charge is 2.19. The Bertz CT molecular complexity index is 439. The van der Waals surface area contributed by atoms with Crippen LogP contribution in [0, 0.1) is 0 Å². The molecule has 1 aliphatic rings. The predicted molar refractivity (Wildman–Crippen MR) is 64.4 cm³/mol. The van der Waals surface area contributed by atoms with Gasteiger partial charge in [0.25, 0.3) is 5.91 Å². The smallest absolute Gasteiger partial charge is 0.257 e. The predicted octanol–water partition coefficient (Wildman–Crippen LogP) is 2.92. The number of ether oxygens (including phenoxy) is 2. The van der Waals surface area contributed by atoms with Crippen molar-refractivity contribution < 1.29 is 14.3 Å². The monoisotopic (exact) mass is 325 g/mol. The molecule has 1 aromatic carbocycles. The number of nitrogens with one attached hydrogen (secondary N) is 1. The van der Waals surface area contributed by atoms with Crippen molar-refractivity contribution in [2.24, 2.45) is 0 Å². The molecule has 0 aliphatic carbocycles. The molecule has 2 rings (SSSR count). The summed E-state index contributed by atoms with van der Waals surface area (Å²) in [5, 5.41) is 2.55. The molecule has 0 saturated carbocycles. The molecular formula is C9H6BrCl2NO3. The van der Waals surface area contributed by atoms with Crippen LogP contribution >= 0.6 is 39.1 Å². The summed E-state index contributed by atoms with van der Waals surface area (Å²) in [6, 6.07) is 3.34. The third kappa shape index (κ3) is 2.36. The lowest BCUT2D eigenvalue weighted by atomic mass is 10.3. The molecule has 0 atom stereocenters. The van der Waals surface area contributed by atoms with E-state index in [0.29, 0.717) is 21.7 Å². The summed E-state index contributed by atoms with van der Waals surface area (Å²) in [5.74, 6) is 0.695. The largest absolute Gasteiger partial charge is 0.454 e. The first-order chi connectivity index (χ1) is 7.58. The van der Waals surface area contributed by atoms with Crippen molar-refractivity contribution in [1.82, 2.24) is 0 Å². The van der Waals surface area contributed by atoms with Crippen LogP contribution in [0.3, 0.4) is 0 Å². The fraction of sp³-hybridized carbons (Fsp3) is 0.222. The van der Waals surface area contributed by atoms with Crippen LogP contribution in [0.2, 0.25) is 0 Å². The number of rotatable bonds is 2. The van der Waals surface area contributed by atoms with Gasteiger partial charge in [0.1, 0.15) is 0 Å². The summed E-state index contributed by atoms with van der Waals surface area (Å²) in [5.41, 5.74) is 0.528. The fourth-order valence-electron chi connectivity index (χ4n) is 1.20. The number of hydrogen-bond donors (Lipinski definition) is 1. The zero-order chi connectivity index (χ0) is 11.7. The number of amides is 1. The lowest BCUT2D eigenvalue weighted by Crippen LogP contribution is -2.18. The number of alkyl halides is 2. The Kier molecular flexibility index (Phi) is 3.47. The van der Waals surface area contributed by atoms with Crippen molar-refractivity contribution in [3.63, 3.8) is 0 Å². The Morgan fingerprint density at radius 1 is 1.38 bits per heavy atom. The first-order valence-electron chi connectivity index (χ1n) is 4.26. The molecule has 86 valence electrons. The molecule has 16 heavy (non-hydrogen) atoms. The lowest BCUT2D eigenvalue weighted by Gasteiger charge is -2.08. The van der Waals surface area contributed by atoms with E-state index in [1.54, 1.807) is 12.1 Å². The number of fused-ring (bicyclic) bond motifs is 1. The van der Waals surface area contributed by atoms with Crippen LogP contribution in [-0.2, 0) is 4.79 Å². The molecule has 0 radical (unpaired) electrons. The molecule has 1 aromatic rings. The van der Waals surface area contributed by atoms with Crippen LogP contribution in [0.15, 0.2) is 16.6 Å². The second kappa shape index (κ2) is 4.69. The van der Waals surface area contributed by atoms with Crippen molar-refractivity contribution >= 4 is 50.7 Å². The number of benzene rings is 1. The summed E-state index contributed by atoms with van der Waals surface area (Å²) in [4.78, 5) is 10.2. The van der Waals surface area contributed by atoms with Crippen molar-refractivity contribution in [1.29, 1.82) is 0 Å². The summed E-state index contributed by atoms with van der Waals surface area (Å²) < 4.78 is 11.0. The molecule has 0 aromatic heterocycles. The molecule has 0 fully saturated rings. The third-order valence-electron chi connectivity index (χ3n) is 1.92. The van der Waals surface area contributed by atoms with Gasteiger partial charge >= 0.3 is 0 Å². The van der Waals surface area contributed by atoms with Crippen molar-refractivity contribution in [3.05, 3.63) is 16.6 Å². The Morgan fingerprint density at radius 2 is 2.00 bits per heavy atom. The maximum Gasteiger partial charge on any atom is 0.257 e. The van der Waals surface area contributed by atoms with Crippen LogP contribution in [0.25, 0.3) is 0 Å². The quantitative estimate of drug-likeness (QED) is 0.850. The van der Waals surface area contributed by atoms with E-state index in [0.717, 1.165) is 0 Å². The van der Waals surface area contributed by atoms with Crippen LogP contribution in [0.5, 0.6) is 11.5 Å². The van der Waals surface area contributed by atoms with Gasteiger partial charge in [-0.05, 0) is 15.9 Å². The average molecular weight is 327 g/mol. The van der Waals surface area contributed by atoms with Gasteiger partial charge in [-0.3, -0.25) is 4.79 Å². The van der Waals surface area contributed by atoms with Crippen LogP contribution in [0.4, 0.5) is 5.69 Å². The SMILES string of the molecule is O=C(Nc1cc2c(cc1Br)OCO2)C(Cl)Cl. The molecule has 0 saturated heterocycles. The van der Waals surface area contributed by atoms with E-state index in [-0.39, 0.29) is 6.79 Å². The minimum Gasteiger partial charge on any atom is -0.454 e. The van der Waals surface area contributed by atoms with E-state index in [1.807, 2.05) is 0 Å². The summed E-state index contributed by atoms with van der Waals surface area (Å²) in [6.07, 6.45) is 0. The van der Waals surface area contributed by atoms with Crippen molar-refractivity contribution in [3.8, 4) is 11.5 Å². The highest BCUT2D eigenvalue weighted by atomic mass is 79.9. The van der Waals surface area contributed by atoms with Gasteiger partial charge in [0, 0.05) is 16.6 Å². The number of hydrogen-bond acceptors (Lipinski definition) is 3. The number of halogens is 3. The van der Waals surface area contributed by atoms with E-state index >= 15 is 0 Å². The normalized spacial score (nSPS) is 13.0. The van der Waals surface area contributed by atoms with Gasteiger partial charge in [0.2, 0.25) is 6.79 Å². The second-order valence-corrected chi connectivity index (χ2v) is 4.93. The molecule has 4 nitrogen and oxygen atoms in total. The van der Waals surface area contributed by atoms with Gasteiger partial charge in [0.15, 0.2) is 16.3 Å². The Hall–Kier alpha value is -0.650. The van der Waals surface area contributed by atoms with Crippen LogP contribution in [0.1, 0.15) is 0 Å². The standard InChI is InChI=1S/C9H6BrCl2NO3/c10-4-1-6-7(16-3-15-6)2-5(4)13-9(14)8(11)12/h1-2,8H,3H2,(H,13,14). The fourth-order valence-corrected chi connectivity index (χ4v) is 1.73. The number of carbonyl (C=O) groups is 1. The van der Waals surface area contributed by atoms with Gasteiger partial charge in [-0.2, -0.15) is 0 Å². The molecule has 0 spiro atoms. The molecular weight excluding hydrogens is 321 g/mol. The zero-order valence-electron chi connectivity index (χ0n) is 7.80. The van der Waals surface area contributed by atoms with Crippen molar-refractivity contribution in [2.75, 3.05) is 12.1 Å². The van der Waals surface area contributed by atoms with Gasteiger partial charge in [-0.1, -0.05) is 23.2 Å². The first kappa shape index (κ1) is 11.8. The maximum atomic E-state index is 11.3. The van der Waals surface area contributed by atoms with E-state index in [9.17, 15) is 4.79 Å². The molecule has 1 amide bonds. The van der Waals surface area contributed by atoms with Gasteiger partial charge in [-0.25, -0.2) is 0 Å². The van der Waals surface area contributed by atoms with E-state index in [2.05, 4.69) is 21.2 Å². The topological polar surface area (TPSA) is 47.6 Å². The maximum absolute atomic E-state index is 11.3.